The monoisotopic (exact) mass is 475 g/mol. The topological polar surface area (TPSA) is 114 Å². The highest BCUT2D eigenvalue weighted by Crippen LogP contribution is 2.32. The van der Waals surface area contributed by atoms with E-state index in [1.165, 1.54) is 0 Å². The molecular weight excluding hydrogens is 450 g/mol. The third-order valence-electron chi connectivity index (χ3n) is 5.25. The summed E-state index contributed by atoms with van der Waals surface area (Å²) in [6.45, 7) is 7.02. The Kier molecular flexibility index (Phi) is 5.44. The first-order valence-corrected chi connectivity index (χ1v) is 10.8. The molecule has 0 radical (unpaired) electrons. The summed E-state index contributed by atoms with van der Waals surface area (Å²) in [5, 5.41) is 11.2. The number of carbonyl (C=O) groups excluding carboxylic acids is 1. The van der Waals surface area contributed by atoms with Gasteiger partial charge in [0.1, 0.15) is 11.4 Å². The zero-order valence-corrected chi connectivity index (χ0v) is 18.9. The van der Waals surface area contributed by atoms with Crippen LogP contribution in [0.25, 0.3) is 16.8 Å². The number of halogens is 1. The molecule has 1 aliphatic heterocycles. The van der Waals surface area contributed by atoms with Crippen molar-refractivity contribution in [1.29, 1.82) is 0 Å². The van der Waals surface area contributed by atoms with E-state index in [1.807, 2.05) is 27.0 Å². The summed E-state index contributed by atoms with van der Waals surface area (Å²) in [6, 6.07) is 0. The van der Waals surface area contributed by atoms with E-state index < -0.39 is 5.60 Å². The maximum atomic E-state index is 12.3. The third-order valence-corrected chi connectivity index (χ3v) is 6.11. The number of carbonyl (C=O) groups is 1. The van der Waals surface area contributed by atoms with Gasteiger partial charge in [-0.25, -0.2) is 9.78 Å². The number of piperidine rings is 1. The molecule has 160 valence electrons. The lowest BCUT2D eigenvalue weighted by molar-refractivity contribution is 0.0184. The summed E-state index contributed by atoms with van der Waals surface area (Å²) in [7, 11) is 0. The van der Waals surface area contributed by atoms with Crippen LogP contribution in [0.15, 0.2) is 23.1 Å². The molecule has 1 amide bonds. The fraction of sp³-hybridized carbons (Fsp3) is 0.500. The van der Waals surface area contributed by atoms with Crippen LogP contribution in [-0.2, 0) is 11.2 Å². The van der Waals surface area contributed by atoms with Crippen LogP contribution in [0.4, 0.5) is 10.6 Å². The number of aromatic nitrogens is 5. The van der Waals surface area contributed by atoms with Gasteiger partial charge < -0.3 is 15.4 Å². The minimum Gasteiger partial charge on any atom is -0.444 e. The van der Waals surface area contributed by atoms with Crippen LogP contribution >= 0.6 is 15.9 Å². The predicted octanol–water partition coefficient (Wildman–Crippen LogP) is 3.65. The molecule has 10 heteroatoms. The molecule has 0 spiro atoms. The zero-order chi connectivity index (χ0) is 21.5. The number of amides is 1. The molecule has 30 heavy (non-hydrogen) atoms. The number of H-pyrrole nitrogens is 1. The Hall–Kier alpha value is -2.62. The Morgan fingerprint density at radius 2 is 2.07 bits per heavy atom. The van der Waals surface area contributed by atoms with Crippen molar-refractivity contribution in [2.24, 2.45) is 5.92 Å². The summed E-state index contributed by atoms with van der Waals surface area (Å²) in [5.41, 5.74) is 9.26. The van der Waals surface area contributed by atoms with Crippen LogP contribution in [0.3, 0.4) is 0 Å². The number of nitrogens with two attached hydrogens (primary N) is 1. The Balaban J connectivity index is 1.50. The van der Waals surface area contributed by atoms with Gasteiger partial charge in [0.15, 0.2) is 5.65 Å². The van der Waals surface area contributed by atoms with Crippen molar-refractivity contribution < 1.29 is 9.53 Å². The number of hydrogen-bond acceptors (Lipinski definition) is 6. The number of nitrogens with zero attached hydrogens (tertiary/aromatic N) is 5. The SMILES string of the molecule is CC(C)(C)OC(=O)N1CCC(Cc2nc3c(-c4cn[nH]c4)cnn3c(N)c2Br)CC1. The van der Waals surface area contributed by atoms with Gasteiger partial charge in [0, 0.05) is 30.4 Å². The van der Waals surface area contributed by atoms with Crippen molar-refractivity contribution in [3.8, 4) is 11.1 Å². The minimum atomic E-state index is -0.479. The number of nitrogens with one attached hydrogen (secondary N) is 1. The molecule has 1 saturated heterocycles. The fourth-order valence-corrected chi connectivity index (χ4v) is 4.12. The van der Waals surface area contributed by atoms with Gasteiger partial charge >= 0.3 is 6.09 Å². The molecule has 4 heterocycles. The van der Waals surface area contributed by atoms with Crippen LogP contribution in [-0.4, -0.2) is 54.5 Å². The minimum absolute atomic E-state index is 0.241. The van der Waals surface area contributed by atoms with Crippen molar-refractivity contribution >= 4 is 33.5 Å². The lowest BCUT2D eigenvalue weighted by atomic mass is 9.92. The number of nitrogen functional groups attached to an aromatic ring is 1. The van der Waals surface area contributed by atoms with Gasteiger partial charge in [-0.2, -0.15) is 14.7 Å². The summed E-state index contributed by atoms with van der Waals surface area (Å²) in [4.78, 5) is 19.0. The van der Waals surface area contributed by atoms with Crippen molar-refractivity contribution in [3.63, 3.8) is 0 Å². The molecule has 1 aliphatic rings. The molecule has 0 unspecified atom stereocenters. The quantitative estimate of drug-likeness (QED) is 0.597. The second kappa shape index (κ2) is 7.90. The van der Waals surface area contributed by atoms with Crippen molar-refractivity contribution in [1.82, 2.24) is 29.7 Å². The molecule has 9 nitrogen and oxygen atoms in total. The molecule has 0 saturated carbocycles. The zero-order valence-electron chi connectivity index (χ0n) is 17.4. The Bertz CT molecular complexity index is 1050. The second-order valence-corrected chi connectivity index (χ2v) is 9.45. The number of hydrogen-bond donors (Lipinski definition) is 2. The highest BCUT2D eigenvalue weighted by Gasteiger charge is 2.28. The van der Waals surface area contributed by atoms with Crippen LogP contribution in [0, 0.1) is 5.92 Å². The highest BCUT2D eigenvalue weighted by molar-refractivity contribution is 9.10. The summed E-state index contributed by atoms with van der Waals surface area (Å²) >= 11 is 3.60. The number of aromatic amines is 1. The molecule has 0 bridgehead atoms. The molecule has 3 aromatic rings. The van der Waals surface area contributed by atoms with Crippen LogP contribution in [0.1, 0.15) is 39.3 Å². The predicted molar refractivity (Wildman–Crippen MR) is 117 cm³/mol. The van der Waals surface area contributed by atoms with E-state index in [9.17, 15) is 4.79 Å². The second-order valence-electron chi connectivity index (χ2n) is 8.65. The van der Waals surface area contributed by atoms with Crippen LogP contribution < -0.4 is 5.73 Å². The van der Waals surface area contributed by atoms with Gasteiger partial charge in [-0.15, -0.1) is 0 Å². The smallest absolute Gasteiger partial charge is 0.410 e. The molecule has 4 rings (SSSR count). The summed E-state index contributed by atoms with van der Waals surface area (Å²) in [5.74, 6) is 0.936. The third kappa shape index (κ3) is 4.14. The Morgan fingerprint density at radius 3 is 2.70 bits per heavy atom. The molecule has 0 aliphatic carbocycles. The first-order valence-electron chi connectivity index (χ1n) is 10.0. The van der Waals surface area contributed by atoms with E-state index in [0.717, 1.165) is 40.6 Å². The molecule has 3 aromatic heterocycles. The van der Waals surface area contributed by atoms with E-state index in [0.29, 0.717) is 30.5 Å². The molecule has 1 fully saturated rings. The first-order chi connectivity index (χ1) is 14.2. The van der Waals surface area contributed by atoms with Gasteiger partial charge in [-0.3, -0.25) is 5.10 Å². The number of ether oxygens (including phenoxy) is 1. The van der Waals surface area contributed by atoms with Crippen molar-refractivity contribution in [3.05, 3.63) is 28.8 Å². The number of fused-ring (bicyclic) bond motifs is 1. The fourth-order valence-electron chi connectivity index (χ4n) is 3.70. The van der Waals surface area contributed by atoms with Crippen LogP contribution in [0.2, 0.25) is 0 Å². The number of likely N-dealkylation sites (tertiary alicyclic amines) is 1. The van der Waals surface area contributed by atoms with E-state index >= 15 is 0 Å². The summed E-state index contributed by atoms with van der Waals surface area (Å²) < 4.78 is 7.90. The maximum absolute atomic E-state index is 12.3. The number of rotatable bonds is 3. The van der Waals surface area contributed by atoms with E-state index in [4.69, 9.17) is 15.5 Å². The van der Waals surface area contributed by atoms with Gasteiger partial charge in [0.2, 0.25) is 0 Å². The average Bonchev–Trinajstić information content (AvgIpc) is 3.34. The molecular formula is C20H26BrN7O2. The normalized spacial score (nSPS) is 15.7. The van der Waals surface area contributed by atoms with E-state index in [2.05, 4.69) is 31.2 Å². The van der Waals surface area contributed by atoms with E-state index in [-0.39, 0.29) is 6.09 Å². The highest BCUT2D eigenvalue weighted by atomic mass is 79.9. The lowest BCUT2D eigenvalue weighted by Gasteiger charge is -2.33. The largest absolute Gasteiger partial charge is 0.444 e. The molecule has 0 atom stereocenters. The van der Waals surface area contributed by atoms with Gasteiger partial charge in [-0.1, -0.05) is 0 Å². The van der Waals surface area contributed by atoms with Gasteiger partial charge in [0.05, 0.1) is 22.6 Å². The average molecular weight is 476 g/mol. The Labute approximate surface area is 183 Å². The maximum Gasteiger partial charge on any atom is 0.410 e. The van der Waals surface area contributed by atoms with Gasteiger partial charge in [0.25, 0.3) is 0 Å². The van der Waals surface area contributed by atoms with E-state index in [1.54, 1.807) is 21.8 Å². The van der Waals surface area contributed by atoms with Gasteiger partial charge in [-0.05, 0) is 61.9 Å². The molecule has 3 N–H and O–H groups in total. The Morgan fingerprint density at radius 1 is 1.33 bits per heavy atom. The molecule has 0 aromatic carbocycles. The summed E-state index contributed by atoms with van der Waals surface area (Å²) in [6.07, 6.45) is 7.62. The van der Waals surface area contributed by atoms with Crippen LogP contribution in [0.5, 0.6) is 0 Å². The lowest BCUT2D eigenvalue weighted by Crippen LogP contribution is -2.42. The van der Waals surface area contributed by atoms with Crippen molar-refractivity contribution in [2.45, 2.75) is 45.6 Å². The standard InChI is InChI=1S/C20H26BrN7O2/c1-20(2,3)30-19(29)27-6-4-12(5-7-27)8-15-16(21)17(22)28-18(26-15)14(11-25-28)13-9-23-24-10-13/h9-12H,4-8,22H2,1-3H3,(H,23,24). The number of anilines is 1. The first kappa shape index (κ1) is 20.6. The van der Waals surface area contributed by atoms with Crippen molar-refractivity contribution in [2.75, 3.05) is 18.8 Å².